The van der Waals surface area contributed by atoms with E-state index < -0.39 is 16.7 Å². The van der Waals surface area contributed by atoms with E-state index in [1.165, 1.54) is 17.8 Å². The fourth-order valence-electron chi connectivity index (χ4n) is 2.57. The largest absolute Gasteiger partial charge is 0.348 e. The monoisotopic (exact) mass is 451 g/mol. The first-order valence-corrected chi connectivity index (χ1v) is 12.3. The Bertz CT molecular complexity index is 1020. The Labute approximate surface area is 181 Å². The molecular weight excluding hydrogens is 425 g/mol. The second kappa shape index (κ2) is 11.1. The lowest BCUT2D eigenvalue weighted by molar-refractivity contribution is -0.116. The second-order valence-electron chi connectivity index (χ2n) is 6.75. The highest BCUT2D eigenvalue weighted by molar-refractivity contribution is 7.99. The Balaban J connectivity index is 2.01. The molecule has 2 rings (SSSR count). The number of alkyl halides is 1. The Hall–Kier alpha value is -2.39. The van der Waals surface area contributed by atoms with Gasteiger partial charge in [-0.3, -0.25) is 9.52 Å². The number of halogens is 1. The summed E-state index contributed by atoms with van der Waals surface area (Å²) in [5, 5.41) is 3.51. The molecule has 0 spiro atoms. The van der Waals surface area contributed by atoms with Crippen molar-refractivity contribution < 1.29 is 17.6 Å². The third kappa shape index (κ3) is 7.79. The highest BCUT2D eigenvalue weighted by atomic mass is 32.2. The van der Waals surface area contributed by atoms with Crippen LogP contribution in [0.4, 0.5) is 10.1 Å². The SMILES string of the molecule is CCCSc1nc(CF)ccc1/C=C/C(=O)NCc1ccc(NS(C)(=O)=O)c(C)c1. The molecule has 0 aliphatic carbocycles. The summed E-state index contributed by atoms with van der Waals surface area (Å²) in [4.78, 5) is 16.5. The number of hydrogen-bond donors (Lipinski definition) is 2. The maximum absolute atomic E-state index is 12.9. The van der Waals surface area contributed by atoms with Crippen LogP contribution in [0.25, 0.3) is 6.08 Å². The summed E-state index contributed by atoms with van der Waals surface area (Å²) in [6.07, 6.45) is 5.16. The second-order valence-corrected chi connectivity index (χ2v) is 9.59. The van der Waals surface area contributed by atoms with Crippen molar-refractivity contribution in [3.8, 4) is 0 Å². The smallest absolute Gasteiger partial charge is 0.244 e. The van der Waals surface area contributed by atoms with Gasteiger partial charge >= 0.3 is 0 Å². The van der Waals surface area contributed by atoms with Crippen LogP contribution in [0.3, 0.4) is 0 Å². The molecular formula is C21H26FN3O3S2. The number of thioether (sulfide) groups is 1. The zero-order valence-corrected chi connectivity index (χ0v) is 18.9. The highest BCUT2D eigenvalue weighted by Crippen LogP contribution is 2.23. The van der Waals surface area contributed by atoms with Crippen LogP contribution >= 0.6 is 11.8 Å². The molecule has 0 radical (unpaired) electrons. The van der Waals surface area contributed by atoms with E-state index in [1.807, 2.05) is 6.07 Å². The lowest BCUT2D eigenvalue weighted by Gasteiger charge is -2.10. The molecule has 0 aliphatic heterocycles. The third-order valence-corrected chi connectivity index (χ3v) is 5.80. The van der Waals surface area contributed by atoms with Gasteiger partial charge in [0.15, 0.2) is 0 Å². The van der Waals surface area contributed by atoms with Gasteiger partial charge in [-0.05, 0) is 48.4 Å². The molecule has 0 aliphatic rings. The van der Waals surface area contributed by atoms with Gasteiger partial charge in [0, 0.05) is 18.2 Å². The van der Waals surface area contributed by atoms with E-state index in [9.17, 15) is 17.6 Å². The van der Waals surface area contributed by atoms with Gasteiger partial charge in [0.25, 0.3) is 0 Å². The summed E-state index contributed by atoms with van der Waals surface area (Å²) in [6.45, 7) is 3.53. The summed E-state index contributed by atoms with van der Waals surface area (Å²) in [7, 11) is -3.34. The average Bonchev–Trinajstić information content (AvgIpc) is 2.70. The Morgan fingerprint density at radius 1 is 1.27 bits per heavy atom. The molecule has 1 aromatic heterocycles. The van der Waals surface area contributed by atoms with Crippen molar-refractivity contribution in [1.29, 1.82) is 0 Å². The first-order chi connectivity index (χ1) is 14.2. The summed E-state index contributed by atoms with van der Waals surface area (Å²) >= 11 is 1.54. The molecule has 162 valence electrons. The summed E-state index contributed by atoms with van der Waals surface area (Å²) in [6, 6.07) is 8.62. The van der Waals surface area contributed by atoms with Crippen molar-refractivity contribution in [2.75, 3.05) is 16.7 Å². The van der Waals surface area contributed by atoms with Crippen LogP contribution in [0.15, 0.2) is 41.4 Å². The fraction of sp³-hybridized carbons (Fsp3) is 0.333. The molecule has 1 amide bonds. The number of hydrogen-bond acceptors (Lipinski definition) is 5. The zero-order valence-electron chi connectivity index (χ0n) is 17.2. The van der Waals surface area contributed by atoms with Crippen molar-refractivity contribution in [2.45, 2.75) is 38.5 Å². The minimum atomic E-state index is -3.34. The minimum absolute atomic E-state index is 0.271. The van der Waals surface area contributed by atoms with Gasteiger partial charge in [0.05, 0.1) is 17.6 Å². The number of aryl methyl sites for hydroxylation is 1. The van der Waals surface area contributed by atoms with Crippen molar-refractivity contribution in [1.82, 2.24) is 10.3 Å². The van der Waals surface area contributed by atoms with Crippen LogP contribution in [-0.4, -0.2) is 31.3 Å². The summed E-state index contributed by atoms with van der Waals surface area (Å²) in [5.74, 6) is 0.589. The van der Waals surface area contributed by atoms with Gasteiger partial charge in [0.2, 0.25) is 15.9 Å². The Morgan fingerprint density at radius 3 is 2.67 bits per heavy atom. The molecule has 2 N–H and O–H groups in total. The zero-order chi connectivity index (χ0) is 22.1. The van der Waals surface area contributed by atoms with Gasteiger partial charge in [0.1, 0.15) is 11.7 Å². The number of amides is 1. The van der Waals surface area contributed by atoms with Crippen LogP contribution in [0, 0.1) is 6.92 Å². The molecule has 0 atom stereocenters. The number of carbonyl (C=O) groups excluding carboxylic acids is 1. The predicted molar refractivity (Wildman–Crippen MR) is 121 cm³/mol. The molecule has 0 unspecified atom stereocenters. The lowest BCUT2D eigenvalue weighted by atomic mass is 10.1. The number of nitrogens with zero attached hydrogens (tertiary/aromatic N) is 1. The quantitative estimate of drug-likeness (QED) is 0.420. The van der Waals surface area contributed by atoms with Crippen LogP contribution in [-0.2, 0) is 28.0 Å². The lowest BCUT2D eigenvalue weighted by Crippen LogP contribution is -2.20. The maximum atomic E-state index is 12.9. The summed E-state index contributed by atoms with van der Waals surface area (Å²) < 4.78 is 38.1. The number of carbonyl (C=O) groups is 1. The molecule has 0 saturated carbocycles. The number of benzene rings is 1. The first kappa shape index (κ1) is 23.9. The number of aromatic nitrogens is 1. The van der Waals surface area contributed by atoms with Gasteiger partial charge in [-0.2, -0.15) is 0 Å². The van der Waals surface area contributed by atoms with E-state index in [-0.39, 0.29) is 5.91 Å². The summed E-state index contributed by atoms with van der Waals surface area (Å²) in [5.41, 5.74) is 3.27. The molecule has 1 aromatic carbocycles. The molecule has 0 fully saturated rings. The van der Waals surface area contributed by atoms with Crippen LogP contribution in [0.2, 0.25) is 0 Å². The Morgan fingerprint density at radius 2 is 2.03 bits per heavy atom. The van der Waals surface area contributed by atoms with Crippen LogP contribution < -0.4 is 10.0 Å². The van der Waals surface area contributed by atoms with Gasteiger partial charge in [-0.15, -0.1) is 11.8 Å². The molecule has 30 heavy (non-hydrogen) atoms. The van der Waals surface area contributed by atoms with E-state index in [2.05, 4.69) is 21.9 Å². The van der Waals surface area contributed by atoms with Crippen molar-refractivity contribution in [3.63, 3.8) is 0 Å². The number of rotatable bonds is 10. The molecule has 6 nitrogen and oxygen atoms in total. The van der Waals surface area contributed by atoms with E-state index in [0.29, 0.717) is 23.0 Å². The fourth-order valence-corrected chi connectivity index (χ4v) is 4.08. The Kier molecular flexibility index (Phi) is 8.86. The molecule has 0 bridgehead atoms. The van der Waals surface area contributed by atoms with E-state index in [1.54, 1.807) is 37.3 Å². The molecule has 0 saturated heterocycles. The van der Waals surface area contributed by atoms with Crippen molar-refractivity contribution in [2.24, 2.45) is 0 Å². The minimum Gasteiger partial charge on any atom is -0.348 e. The van der Waals surface area contributed by atoms with Crippen LogP contribution in [0.5, 0.6) is 0 Å². The maximum Gasteiger partial charge on any atom is 0.244 e. The topological polar surface area (TPSA) is 88.2 Å². The van der Waals surface area contributed by atoms with Crippen LogP contribution in [0.1, 0.15) is 35.7 Å². The number of anilines is 1. The van der Waals surface area contributed by atoms with E-state index >= 15 is 0 Å². The van der Waals surface area contributed by atoms with E-state index in [0.717, 1.165) is 35.1 Å². The van der Waals surface area contributed by atoms with Gasteiger partial charge in [-0.25, -0.2) is 17.8 Å². The number of nitrogens with one attached hydrogen (secondary N) is 2. The predicted octanol–water partition coefficient (Wildman–Crippen LogP) is 4.06. The standard InChI is InChI=1S/C21H26FN3O3S2/c1-4-11-29-21-17(6-8-18(13-22)24-21)7-10-20(26)23-14-16-5-9-19(15(2)12-16)25-30(3,27)28/h5-10,12,25H,4,11,13-14H2,1-3H3,(H,23,26)/b10-7+. The number of sulfonamides is 1. The van der Waals surface area contributed by atoms with Crippen molar-refractivity contribution in [3.05, 3.63) is 58.8 Å². The molecule has 2 aromatic rings. The van der Waals surface area contributed by atoms with E-state index in [4.69, 9.17) is 0 Å². The number of pyridine rings is 1. The highest BCUT2D eigenvalue weighted by Gasteiger charge is 2.07. The molecule has 9 heteroatoms. The van der Waals surface area contributed by atoms with Crippen molar-refractivity contribution >= 4 is 39.5 Å². The molecule has 1 heterocycles. The average molecular weight is 452 g/mol. The van der Waals surface area contributed by atoms with Gasteiger partial charge in [-0.1, -0.05) is 25.1 Å². The normalized spacial score (nSPS) is 11.6. The van der Waals surface area contributed by atoms with Gasteiger partial charge < -0.3 is 5.32 Å². The first-order valence-electron chi connectivity index (χ1n) is 9.43. The third-order valence-electron chi connectivity index (χ3n) is 3.99.